The molecule has 0 atom stereocenters. The van der Waals surface area contributed by atoms with Gasteiger partial charge in [-0.1, -0.05) is 23.9 Å². The lowest BCUT2D eigenvalue weighted by molar-refractivity contribution is -0.384. The molecule has 0 saturated carbocycles. The number of thioether (sulfide) groups is 1. The SMILES string of the molecule is C/C(=N\NC(=O)CSc1nc2ccccc2n1C)c1ccc([N+](=O)[O-])cc1. The van der Waals surface area contributed by atoms with Crippen LogP contribution in [0.5, 0.6) is 0 Å². The van der Waals surface area contributed by atoms with Gasteiger partial charge in [0.05, 0.1) is 27.4 Å². The van der Waals surface area contributed by atoms with Crippen LogP contribution in [0.3, 0.4) is 0 Å². The molecule has 0 aliphatic carbocycles. The maximum Gasteiger partial charge on any atom is 0.269 e. The van der Waals surface area contributed by atoms with Crippen molar-refractivity contribution < 1.29 is 9.72 Å². The van der Waals surface area contributed by atoms with Crippen LogP contribution >= 0.6 is 11.8 Å². The molecule has 27 heavy (non-hydrogen) atoms. The number of non-ortho nitro benzene ring substituents is 1. The van der Waals surface area contributed by atoms with E-state index >= 15 is 0 Å². The highest BCUT2D eigenvalue weighted by molar-refractivity contribution is 7.99. The predicted molar refractivity (Wildman–Crippen MR) is 105 cm³/mol. The molecule has 0 aliphatic rings. The van der Waals surface area contributed by atoms with Crippen LogP contribution in [-0.4, -0.2) is 31.8 Å². The number of para-hydroxylation sites is 2. The zero-order chi connectivity index (χ0) is 19.4. The lowest BCUT2D eigenvalue weighted by Crippen LogP contribution is -2.21. The largest absolute Gasteiger partial charge is 0.322 e. The monoisotopic (exact) mass is 383 g/mol. The van der Waals surface area contributed by atoms with E-state index < -0.39 is 4.92 Å². The highest BCUT2D eigenvalue weighted by Gasteiger charge is 2.10. The third-order valence-corrected chi connectivity index (χ3v) is 4.95. The molecule has 3 aromatic rings. The van der Waals surface area contributed by atoms with E-state index in [0.29, 0.717) is 11.3 Å². The molecular weight excluding hydrogens is 366 g/mol. The number of amides is 1. The molecular formula is C18H17N5O3S. The molecule has 1 N–H and O–H groups in total. The van der Waals surface area contributed by atoms with Gasteiger partial charge in [0.25, 0.3) is 11.6 Å². The van der Waals surface area contributed by atoms with E-state index in [0.717, 1.165) is 16.2 Å². The zero-order valence-corrected chi connectivity index (χ0v) is 15.6. The van der Waals surface area contributed by atoms with Gasteiger partial charge in [-0.2, -0.15) is 5.10 Å². The van der Waals surface area contributed by atoms with Gasteiger partial charge < -0.3 is 4.57 Å². The van der Waals surface area contributed by atoms with Crippen molar-refractivity contribution in [3.8, 4) is 0 Å². The number of hydrazone groups is 1. The summed E-state index contributed by atoms with van der Waals surface area (Å²) in [5, 5.41) is 15.5. The summed E-state index contributed by atoms with van der Waals surface area (Å²) in [6.07, 6.45) is 0. The third kappa shape index (κ3) is 4.32. The maximum atomic E-state index is 12.1. The van der Waals surface area contributed by atoms with Gasteiger partial charge in [-0.3, -0.25) is 14.9 Å². The van der Waals surface area contributed by atoms with E-state index in [2.05, 4.69) is 15.5 Å². The van der Waals surface area contributed by atoms with E-state index in [4.69, 9.17) is 0 Å². The Bertz CT molecular complexity index is 1030. The minimum atomic E-state index is -0.462. The van der Waals surface area contributed by atoms with Gasteiger partial charge in [0.15, 0.2) is 5.16 Å². The molecule has 0 unspecified atom stereocenters. The van der Waals surface area contributed by atoms with Gasteiger partial charge in [-0.05, 0) is 36.8 Å². The van der Waals surface area contributed by atoms with Crippen molar-refractivity contribution in [3.05, 3.63) is 64.2 Å². The summed E-state index contributed by atoms with van der Waals surface area (Å²) in [5.41, 5.74) is 5.66. The first-order valence-electron chi connectivity index (χ1n) is 8.08. The van der Waals surface area contributed by atoms with Crippen molar-refractivity contribution in [2.75, 3.05) is 5.75 Å². The number of imidazole rings is 1. The average Bonchev–Trinajstić information content (AvgIpc) is 3.00. The molecule has 0 fully saturated rings. The van der Waals surface area contributed by atoms with E-state index in [9.17, 15) is 14.9 Å². The van der Waals surface area contributed by atoms with Gasteiger partial charge in [0.2, 0.25) is 0 Å². The number of hydrogen-bond acceptors (Lipinski definition) is 6. The highest BCUT2D eigenvalue weighted by atomic mass is 32.2. The van der Waals surface area contributed by atoms with Crippen molar-refractivity contribution >= 4 is 40.1 Å². The number of carbonyl (C=O) groups is 1. The summed E-state index contributed by atoms with van der Waals surface area (Å²) in [7, 11) is 1.91. The second-order valence-electron chi connectivity index (χ2n) is 5.77. The fourth-order valence-electron chi connectivity index (χ4n) is 2.45. The summed E-state index contributed by atoms with van der Waals surface area (Å²) in [6.45, 7) is 1.72. The number of rotatable bonds is 6. The number of nitrogens with one attached hydrogen (secondary N) is 1. The zero-order valence-electron chi connectivity index (χ0n) is 14.7. The van der Waals surface area contributed by atoms with Crippen LogP contribution < -0.4 is 5.43 Å². The van der Waals surface area contributed by atoms with Crippen LogP contribution in [0, 0.1) is 10.1 Å². The summed E-state index contributed by atoms with van der Waals surface area (Å²) in [4.78, 5) is 26.8. The van der Waals surface area contributed by atoms with Crippen molar-refractivity contribution in [2.24, 2.45) is 12.1 Å². The number of benzene rings is 2. The number of nitrogens with zero attached hydrogens (tertiary/aromatic N) is 4. The third-order valence-electron chi connectivity index (χ3n) is 3.92. The number of nitro groups is 1. The van der Waals surface area contributed by atoms with Gasteiger partial charge in [-0.25, -0.2) is 10.4 Å². The Kier molecular flexibility index (Phi) is 5.51. The predicted octanol–water partition coefficient (Wildman–Crippen LogP) is 3.11. The Morgan fingerprint density at radius 1 is 1.26 bits per heavy atom. The molecule has 0 aliphatic heterocycles. The fourth-order valence-corrected chi connectivity index (χ4v) is 3.23. The first kappa shape index (κ1) is 18.6. The Morgan fingerprint density at radius 3 is 2.63 bits per heavy atom. The number of hydrogen-bond donors (Lipinski definition) is 1. The standard InChI is InChI=1S/C18H17N5O3S/c1-12(13-7-9-14(10-8-13)23(25)26)20-21-17(24)11-27-18-19-15-5-3-4-6-16(15)22(18)2/h3-10H,11H2,1-2H3,(H,21,24)/b20-12+. The van der Waals surface area contributed by atoms with Gasteiger partial charge in [0, 0.05) is 19.2 Å². The number of carbonyl (C=O) groups excluding carboxylic acids is 1. The number of aromatic nitrogens is 2. The molecule has 9 heteroatoms. The second-order valence-corrected chi connectivity index (χ2v) is 6.71. The van der Waals surface area contributed by atoms with Crippen LogP contribution in [-0.2, 0) is 11.8 Å². The highest BCUT2D eigenvalue weighted by Crippen LogP contribution is 2.22. The molecule has 1 heterocycles. The number of nitro benzene ring substituents is 1. The number of aryl methyl sites for hydroxylation is 1. The van der Waals surface area contributed by atoms with Crippen LogP contribution in [0.15, 0.2) is 58.8 Å². The Hall–Kier alpha value is -3.20. The summed E-state index contributed by atoms with van der Waals surface area (Å²) >= 11 is 1.33. The quantitative estimate of drug-likeness (QED) is 0.305. The van der Waals surface area contributed by atoms with Crippen molar-refractivity contribution in [3.63, 3.8) is 0 Å². The first-order valence-corrected chi connectivity index (χ1v) is 9.06. The molecule has 0 bridgehead atoms. The van der Waals surface area contributed by atoms with Gasteiger partial charge >= 0.3 is 0 Å². The van der Waals surface area contributed by atoms with Crippen LogP contribution in [0.2, 0.25) is 0 Å². The molecule has 3 rings (SSSR count). The lowest BCUT2D eigenvalue weighted by atomic mass is 10.1. The Balaban J connectivity index is 1.59. The molecule has 0 radical (unpaired) electrons. The topological polar surface area (TPSA) is 102 Å². The van der Waals surface area contributed by atoms with Gasteiger partial charge in [-0.15, -0.1) is 0 Å². The van der Waals surface area contributed by atoms with Gasteiger partial charge in [0.1, 0.15) is 0 Å². The normalized spacial score (nSPS) is 11.6. The Labute approximate surface area is 159 Å². The van der Waals surface area contributed by atoms with Crippen LogP contribution in [0.25, 0.3) is 11.0 Å². The molecule has 0 saturated heterocycles. The van der Waals surface area contributed by atoms with Crippen LogP contribution in [0.1, 0.15) is 12.5 Å². The Morgan fingerprint density at radius 2 is 1.96 bits per heavy atom. The minimum Gasteiger partial charge on any atom is -0.322 e. The molecule has 2 aromatic carbocycles. The first-order chi connectivity index (χ1) is 13.0. The fraction of sp³-hybridized carbons (Fsp3) is 0.167. The molecule has 0 spiro atoms. The van der Waals surface area contributed by atoms with E-state index in [1.54, 1.807) is 19.1 Å². The molecule has 138 valence electrons. The molecule has 1 aromatic heterocycles. The summed E-state index contributed by atoms with van der Waals surface area (Å²) in [6, 6.07) is 13.8. The number of fused-ring (bicyclic) bond motifs is 1. The maximum absolute atomic E-state index is 12.1. The lowest BCUT2D eigenvalue weighted by Gasteiger charge is -2.04. The minimum absolute atomic E-state index is 0.00874. The molecule has 1 amide bonds. The van der Waals surface area contributed by atoms with E-state index in [1.165, 1.54) is 23.9 Å². The summed E-state index contributed by atoms with van der Waals surface area (Å²) < 4.78 is 1.94. The second kappa shape index (κ2) is 8.00. The van der Waals surface area contributed by atoms with Crippen molar-refractivity contribution in [1.82, 2.24) is 15.0 Å². The average molecular weight is 383 g/mol. The van der Waals surface area contributed by atoms with Crippen molar-refractivity contribution in [2.45, 2.75) is 12.1 Å². The van der Waals surface area contributed by atoms with E-state index in [1.807, 2.05) is 35.9 Å². The van der Waals surface area contributed by atoms with E-state index in [-0.39, 0.29) is 17.3 Å². The molecule has 8 nitrogen and oxygen atoms in total. The van der Waals surface area contributed by atoms with Crippen molar-refractivity contribution in [1.29, 1.82) is 0 Å². The van der Waals surface area contributed by atoms with Crippen LogP contribution in [0.4, 0.5) is 5.69 Å². The summed E-state index contributed by atoms with van der Waals surface area (Å²) in [5.74, 6) is -0.0814. The smallest absolute Gasteiger partial charge is 0.269 e.